The molecule has 0 aliphatic heterocycles. The van der Waals surface area contributed by atoms with Crippen molar-refractivity contribution in [3.63, 3.8) is 0 Å². The van der Waals surface area contributed by atoms with E-state index in [0.717, 1.165) is 13.1 Å². The van der Waals surface area contributed by atoms with Gasteiger partial charge in [-0.15, -0.1) is 0 Å². The Kier molecular flexibility index (Phi) is 4.71. The fourth-order valence-electron chi connectivity index (χ4n) is 1.30. The monoisotopic (exact) mass is 226 g/mol. The summed E-state index contributed by atoms with van der Waals surface area (Å²) in [5.74, 6) is 1.15. The molecule has 7 nitrogen and oxygen atoms in total. The van der Waals surface area contributed by atoms with Crippen molar-refractivity contribution in [2.45, 2.75) is 20.8 Å². The lowest BCUT2D eigenvalue weighted by molar-refractivity contribution is 0.382. The Labute approximate surface area is 94.9 Å². The van der Waals surface area contributed by atoms with E-state index in [1.54, 1.807) is 0 Å². The van der Waals surface area contributed by atoms with Crippen molar-refractivity contribution in [3.05, 3.63) is 0 Å². The van der Waals surface area contributed by atoms with Gasteiger partial charge in [-0.1, -0.05) is 0 Å². The molecule has 16 heavy (non-hydrogen) atoms. The maximum absolute atomic E-state index is 8.83. The molecular formula is C9H18N6O. The van der Waals surface area contributed by atoms with Crippen molar-refractivity contribution in [1.82, 2.24) is 15.0 Å². The quantitative estimate of drug-likeness (QED) is 0.622. The van der Waals surface area contributed by atoms with Gasteiger partial charge in [0.2, 0.25) is 11.9 Å². The first-order chi connectivity index (χ1) is 7.74. The summed E-state index contributed by atoms with van der Waals surface area (Å²) in [5, 5.41) is 11.8. The average Bonchev–Trinajstić information content (AvgIpc) is 2.31. The lowest BCUT2D eigenvalue weighted by Crippen LogP contribution is -2.25. The van der Waals surface area contributed by atoms with Crippen LogP contribution in [-0.4, -0.2) is 39.8 Å². The van der Waals surface area contributed by atoms with E-state index in [4.69, 9.17) is 5.21 Å². The zero-order chi connectivity index (χ0) is 12.0. The van der Waals surface area contributed by atoms with Gasteiger partial charge in [-0.25, -0.2) is 5.48 Å². The zero-order valence-electron chi connectivity index (χ0n) is 9.86. The van der Waals surface area contributed by atoms with E-state index in [-0.39, 0.29) is 5.95 Å². The number of nitrogens with zero attached hydrogens (tertiary/aromatic N) is 4. The molecule has 0 radical (unpaired) electrons. The highest BCUT2D eigenvalue weighted by atomic mass is 16.5. The molecular weight excluding hydrogens is 208 g/mol. The topological polar surface area (TPSA) is 86.2 Å². The maximum atomic E-state index is 8.83. The molecule has 0 atom stereocenters. The Morgan fingerprint density at radius 2 is 1.69 bits per heavy atom. The first kappa shape index (κ1) is 12.4. The third kappa shape index (κ3) is 2.93. The molecule has 1 aromatic heterocycles. The molecule has 0 amide bonds. The van der Waals surface area contributed by atoms with E-state index in [0.29, 0.717) is 18.4 Å². The predicted molar refractivity (Wildman–Crippen MR) is 63.0 cm³/mol. The van der Waals surface area contributed by atoms with Crippen LogP contribution in [0.15, 0.2) is 0 Å². The number of aromatic nitrogens is 3. The minimum Gasteiger partial charge on any atom is -0.354 e. The molecule has 0 saturated heterocycles. The second-order valence-electron chi connectivity index (χ2n) is 3.10. The number of nitrogens with one attached hydrogen (secondary N) is 2. The Balaban J connectivity index is 3.02. The Hall–Kier alpha value is -1.63. The largest absolute Gasteiger partial charge is 0.354 e. The van der Waals surface area contributed by atoms with Gasteiger partial charge in [0.05, 0.1) is 0 Å². The van der Waals surface area contributed by atoms with E-state index >= 15 is 0 Å². The number of rotatable bonds is 6. The highest BCUT2D eigenvalue weighted by Gasteiger charge is 2.09. The molecule has 0 spiro atoms. The van der Waals surface area contributed by atoms with Gasteiger partial charge in [0.1, 0.15) is 0 Å². The van der Waals surface area contributed by atoms with Crippen molar-refractivity contribution < 1.29 is 5.21 Å². The van der Waals surface area contributed by atoms with Crippen molar-refractivity contribution in [1.29, 1.82) is 0 Å². The van der Waals surface area contributed by atoms with E-state index in [9.17, 15) is 0 Å². The Morgan fingerprint density at radius 3 is 2.19 bits per heavy atom. The fraction of sp³-hybridized carbons (Fsp3) is 0.667. The molecule has 7 heteroatoms. The van der Waals surface area contributed by atoms with Gasteiger partial charge in [0.15, 0.2) is 0 Å². The first-order valence-corrected chi connectivity index (χ1v) is 5.40. The smallest absolute Gasteiger partial charge is 0.253 e. The fourth-order valence-corrected chi connectivity index (χ4v) is 1.30. The predicted octanol–water partition coefficient (Wildman–Crippen LogP) is 0.951. The van der Waals surface area contributed by atoms with Crippen LogP contribution in [0.1, 0.15) is 20.8 Å². The summed E-state index contributed by atoms with van der Waals surface area (Å²) >= 11 is 0. The van der Waals surface area contributed by atoms with Crippen LogP contribution in [0.2, 0.25) is 0 Å². The highest BCUT2D eigenvalue weighted by molar-refractivity contribution is 5.42. The summed E-state index contributed by atoms with van der Waals surface area (Å²) in [5.41, 5.74) is 1.94. The van der Waals surface area contributed by atoms with Crippen molar-refractivity contribution >= 4 is 17.8 Å². The molecule has 0 unspecified atom stereocenters. The molecule has 0 saturated carbocycles. The number of hydrogen-bond donors (Lipinski definition) is 3. The molecule has 1 aromatic rings. The van der Waals surface area contributed by atoms with Crippen LogP contribution < -0.4 is 15.7 Å². The zero-order valence-corrected chi connectivity index (χ0v) is 9.86. The molecule has 3 N–H and O–H groups in total. The minimum absolute atomic E-state index is 0.146. The summed E-state index contributed by atoms with van der Waals surface area (Å²) in [6.07, 6.45) is 0. The second kappa shape index (κ2) is 6.06. The van der Waals surface area contributed by atoms with Crippen LogP contribution in [0, 0.1) is 0 Å². The lowest BCUT2D eigenvalue weighted by atomic mass is 10.5. The van der Waals surface area contributed by atoms with E-state index in [1.807, 2.05) is 31.2 Å². The third-order valence-corrected chi connectivity index (χ3v) is 2.10. The number of anilines is 3. The van der Waals surface area contributed by atoms with Gasteiger partial charge >= 0.3 is 0 Å². The van der Waals surface area contributed by atoms with Crippen molar-refractivity contribution in [3.8, 4) is 0 Å². The Morgan fingerprint density at radius 1 is 1.06 bits per heavy atom. The third-order valence-electron chi connectivity index (χ3n) is 2.10. The minimum atomic E-state index is 0.146. The van der Waals surface area contributed by atoms with Gasteiger partial charge in [-0.2, -0.15) is 15.0 Å². The normalized spacial score (nSPS) is 10.0. The summed E-state index contributed by atoms with van der Waals surface area (Å²) in [6.45, 7) is 8.31. The first-order valence-electron chi connectivity index (χ1n) is 5.40. The summed E-state index contributed by atoms with van der Waals surface area (Å²) in [4.78, 5) is 14.3. The lowest BCUT2D eigenvalue weighted by Gasteiger charge is -2.19. The van der Waals surface area contributed by atoms with Gasteiger partial charge in [0, 0.05) is 19.6 Å². The second-order valence-corrected chi connectivity index (χ2v) is 3.10. The van der Waals surface area contributed by atoms with E-state index < -0.39 is 0 Å². The average molecular weight is 226 g/mol. The highest BCUT2D eigenvalue weighted by Crippen LogP contribution is 2.12. The Bertz CT molecular complexity index is 328. The molecule has 1 rings (SSSR count). The SMILES string of the molecule is CCNc1nc(NO)nc(N(CC)CC)n1. The molecule has 1 heterocycles. The maximum Gasteiger partial charge on any atom is 0.253 e. The summed E-state index contributed by atoms with van der Waals surface area (Å²) in [7, 11) is 0. The van der Waals surface area contributed by atoms with Crippen LogP contribution in [0.5, 0.6) is 0 Å². The summed E-state index contributed by atoms with van der Waals surface area (Å²) < 4.78 is 0. The van der Waals surface area contributed by atoms with Crippen molar-refractivity contribution in [2.75, 3.05) is 35.3 Å². The van der Waals surface area contributed by atoms with Crippen molar-refractivity contribution in [2.24, 2.45) is 0 Å². The van der Waals surface area contributed by atoms with Gasteiger partial charge in [-0.3, -0.25) is 5.21 Å². The van der Waals surface area contributed by atoms with Crippen LogP contribution in [0.3, 0.4) is 0 Å². The van der Waals surface area contributed by atoms with Crippen LogP contribution in [-0.2, 0) is 0 Å². The van der Waals surface area contributed by atoms with Crippen LogP contribution in [0.4, 0.5) is 17.8 Å². The standard InChI is InChI=1S/C9H18N6O/c1-4-10-7-11-8(14-16)13-9(12-7)15(5-2)6-3/h16H,4-6H2,1-3H3,(H2,10,11,12,13,14). The summed E-state index contributed by atoms with van der Waals surface area (Å²) in [6, 6.07) is 0. The van der Waals surface area contributed by atoms with Gasteiger partial charge in [-0.05, 0) is 20.8 Å². The van der Waals surface area contributed by atoms with E-state index in [1.165, 1.54) is 0 Å². The van der Waals surface area contributed by atoms with Crippen LogP contribution >= 0.6 is 0 Å². The number of hydrogen-bond acceptors (Lipinski definition) is 7. The molecule has 90 valence electrons. The molecule has 0 fully saturated rings. The molecule has 0 aliphatic carbocycles. The molecule has 0 aliphatic rings. The molecule has 0 bridgehead atoms. The van der Waals surface area contributed by atoms with Crippen LogP contribution in [0.25, 0.3) is 0 Å². The van der Waals surface area contributed by atoms with E-state index in [2.05, 4.69) is 20.3 Å². The van der Waals surface area contributed by atoms with Gasteiger partial charge < -0.3 is 10.2 Å². The molecule has 0 aromatic carbocycles. The van der Waals surface area contributed by atoms with Gasteiger partial charge in [0.25, 0.3) is 5.95 Å².